The molecule has 1 aromatic heterocycles. The van der Waals surface area contributed by atoms with Gasteiger partial charge in [0.2, 0.25) is 5.91 Å². The Balaban J connectivity index is 0. The van der Waals surface area contributed by atoms with E-state index in [1.165, 1.54) is 19.6 Å². The van der Waals surface area contributed by atoms with Crippen LogP contribution in [-0.2, 0) is 13.9 Å². The van der Waals surface area contributed by atoms with E-state index in [2.05, 4.69) is 25.7 Å². The van der Waals surface area contributed by atoms with Gasteiger partial charge in [-0.2, -0.15) is 0 Å². The second kappa shape index (κ2) is 13.0. The van der Waals surface area contributed by atoms with Gasteiger partial charge in [-0.1, -0.05) is 20.8 Å². The molecule has 0 fully saturated rings. The number of carbonyl (C=O) groups excluding carboxylic acids is 1. The van der Waals surface area contributed by atoms with Crippen LogP contribution in [0.25, 0.3) is 0 Å². The van der Waals surface area contributed by atoms with Crippen molar-refractivity contribution < 1.29 is 33.5 Å². The van der Waals surface area contributed by atoms with Gasteiger partial charge in [0, 0.05) is 13.0 Å². The number of amides is 1. The van der Waals surface area contributed by atoms with Crippen molar-refractivity contribution in [2.45, 2.75) is 51.9 Å². The standard InChI is InChI=1S/C6H13NO.C4H12O6P2.C2H2N4/c1-3-5-7-6(8)4-2;1-3-4(2,11(5,6)7)12(8,9)10;1-3-2-5-6-4-1/h3-5H2,1-2H3,(H,7,8);3H2,1-2H3,(H2,5,6,7)(H2,8,9,10);1-2H. The zero-order valence-corrected chi connectivity index (χ0v) is 17.0. The first-order chi connectivity index (χ1) is 11.9. The van der Waals surface area contributed by atoms with Crippen LogP contribution in [0.4, 0.5) is 0 Å². The lowest BCUT2D eigenvalue weighted by Crippen LogP contribution is -2.23. The van der Waals surface area contributed by atoms with Crippen LogP contribution in [0, 0.1) is 0 Å². The zero-order valence-electron chi connectivity index (χ0n) is 15.2. The van der Waals surface area contributed by atoms with E-state index >= 15 is 0 Å². The average molecular weight is 415 g/mol. The Morgan fingerprint density at radius 1 is 1.04 bits per heavy atom. The maximum Gasteiger partial charge on any atom is 0.343 e. The SMILES string of the molecule is CCC(C)(P(=O)(O)O)P(=O)(O)O.CCCNC(=O)CC.c1ncnnn1. The van der Waals surface area contributed by atoms with Gasteiger partial charge in [-0.3, -0.25) is 13.9 Å². The summed E-state index contributed by atoms with van der Waals surface area (Å²) in [6, 6.07) is 0. The zero-order chi connectivity index (χ0) is 20.9. The van der Waals surface area contributed by atoms with Crippen molar-refractivity contribution in [2.24, 2.45) is 0 Å². The predicted octanol–water partition coefficient (Wildman–Crippen LogP) is 0.657. The molecule has 0 radical (unpaired) electrons. The first kappa shape index (κ1) is 26.9. The van der Waals surface area contributed by atoms with E-state index in [0.717, 1.165) is 19.9 Å². The van der Waals surface area contributed by atoms with Crippen molar-refractivity contribution in [3.05, 3.63) is 12.7 Å². The summed E-state index contributed by atoms with van der Waals surface area (Å²) in [6.45, 7) is 6.90. The Morgan fingerprint density at radius 2 is 1.50 bits per heavy atom. The number of carbonyl (C=O) groups is 1. The van der Waals surface area contributed by atoms with Crippen LogP contribution in [0.2, 0.25) is 0 Å². The summed E-state index contributed by atoms with van der Waals surface area (Å²) in [4.78, 5) is 46.5. The van der Waals surface area contributed by atoms with Gasteiger partial charge in [-0.15, -0.1) is 10.2 Å². The summed E-state index contributed by atoms with van der Waals surface area (Å²) < 4.78 is 21.5. The fourth-order valence-electron chi connectivity index (χ4n) is 1.14. The highest BCUT2D eigenvalue weighted by Crippen LogP contribution is 2.70. The van der Waals surface area contributed by atoms with Crippen LogP contribution >= 0.6 is 15.2 Å². The quantitative estimate of drug-likeness (QED) is 0.409. The van der Waals surface area contributed by atoms with Crippen molar-refractivity contribution in [3.8, 4) is 0 Å². The minimum absolute atomic E-state index is 0.145. The van der Waals surface area contributed by atoms with Gasteiger partial charge >= 0.3 is 15.2 Å². The van der Waals surface area contributed by atoms with Crippen molar-refractivity contribution >= 4 is 21.1 Å². The van der Waals surface area contributed by atoms with E-state index in [9.17, 15) is 13.9 Å². The number of rotatable bonds is 6. The predicted molar refractivity (Wildman–Crippen MR) is 94.0 cm³/mol. The highest BCUT2D eigenvalue weighted by molar-refractivity contribution is 7.72. The summed E-state index contributed by atoms with van der Waals surface area (Å²) in [5.41, 5.74) is 0. The summed E-state index contributed by atoms with van der Waals surface area (Å²) in [5, 5.41) is 12.6. The van der Waals surface area contributed by atoms with Gasteiger partial charge in [0.1, 0.15) is 12.7 Å². The largest absolute Gasteiger partial charge is 0.356 e. The van der Waals surface area contributed by atoms with Crippen LogP contribution in [-0.4, -0.2) is 57.3 Å². The number of nitrogens with one attached hydrogen (secondary N) is 1. The molecule has 0 spiro atoms. The van der Waals surface area contributed by atoms with E-state index in [0.29, 0.717) is 6.42 Å². The second-order valence-corrected chi connectivity index (χ2v) is 9.57. The highest BCUT2D eigenvalue weighted by Gasteiger charge is 2.54. The lowest BCUT2D eigenvalue weighted by atomic mass is 10.4. The Morgan fingerprint density at radius 3 is 1.65 bits per heavy atom. The third-order valence-corrected chi connectivity index (χ3v) is 7.86. The Labute approximate surface area is 152 Å². The normalized spacial score (nSPS) is 11.4. The van der Waals surface area contributed by atoms with Crippen LogP contribution in [0.5, 0.6) is 0 Å². The molecular formula is C12H27N5O7P2. The number of hydrogen-bond donors (Lipinski definition) is 5. The van der Waals surface area contributed by atoms with E-state index in [-0.39, 0.29) is 12.3 Å². The van der Waals surface area contributed by atoms with Crippen LogP contribution in [0.15, 0.2) is 12.7 Å². The first-order valence-electron chi connectivity index (χ1n) is 7.68. The molecule has 0 aliphatic rings. The van der Waals surface area contributed by atoms with Gasteiger partial charge < -0.3 is 24.9 Å². The van der Waals surface area contributed by atoms with Gasteiger partial charge in [-0.05, 0) is 25.0 Å². The smallest absolute Gasteiger partial charge is 0.343 e. The Bertz CT molecular complexity index is 544. The Hall–Kier alpha value is -1.29. The van der Waals surface area contributed by atoms with Crippen molar-refractivity contribution in [1.82, 2.24) is 25.7 Å². The third-order valence-electron chi connectivity index (χ3n) is 3.16. The average Bonchev–Trinajstić information content (AvgIpc) is 2.59. The van der Waals surface area contributed by atoms with Crippen LogP contribution in [0.3, 0.4) is 0 Å². The summed E-state index contributed by atoms with van der Waals surface area (Å²) in [5.74, 6) is 0.145. The molecule has 0 aliphatic heterocycles. The van der Waals surface area contributed by atoms with Gasteiger partial charge in [0.15, 0.2) is 4.90 Å². The fourth-order valence-corrected chi connectivity index (χ4v) is 3.32. The maximum atomic E-state index is 10.7. The molecule has 0 saturated heterocycles. The molecule has 5 N–H and O–H groups in total. The number of nitrogens with zero attached hydrogens (tertiary/aromatic N) is 4. The molecule has 152 valence electrons. The number of hydrogen-bond acceptors (Lipinski definition) is 7. The third kappa shape index (κ3) is 10.6. The minimum Gasteiger partial charge on any atom is -0.356 e. The van der Waals surface area contributed by atoms with Gasteiger partial charge in [0.05, 0.1) is 0 Å². The van der Waals surface area contributed by atoms with Crippen LogP contribution < -0.4 is 5.32 Å². The fraction of sp³-hybridized carbons (Fsp3) is 0.750. The molecular weight excluding hydrogens is 388 g/mol. The topological polar surface area (TPSA) is 196 Å². The van der Waals surface area contributed by atoms with Gasteiger partial charge in [-0.25, -0.2) is 4.98 Å². The van der Waals surface area contributed by atoms with E-state index < -0.39 is 20.1 Å². The van der Waals surface area contributed by atoms with Crippen LogP contribution in [0.1, 0.15) is 47.0 Å². The molecule has 14 heteroatoms. The molecule has 0 aliphatic carbocycles. The first-order valence-corrected chi connectivity index (χ1v) is 10.9. The molecule has 1 heterocycles. The maximum absolute atomic E-state index is 10.7. The lowest BCUT2D eigenvalue weighted by Gasteiger charge is -2.29. The molecule has 0 bridgehead atoms. The van der Waals surface area contributed by atoms with E-state index in [1.54, 1.807) is 0 Å². The molecule has 0 saturated carbocycles. The van der Waals surface area contributed by atoms with Gasteiger partial charge in [0.25, 0.3) is 0 Å². The second-order valence-electron chi connectivity index (χ2n) is 5.06. The summed E-state index contributed by atoms with van der Waals surface area (Å²) in [6.07, 6.45) is 3.99. The molecule has 0 unspecified atom stereocenters. The van der Waals surface area contributed by atoms with E-state index in [1.807, 2.05) is 13.8 Å². The molecule has 12 nitrogen and oxygen atoms in total. The minimum atomic E-state index is -4.77. The summed E-state index contributed by atoms with van der Waals surface area (Å²) in [7, 11) is -9.54. The molecule has 0 atom stereocenters. The summed E-state index contributed by atoms with van der Waals surface area (Å²) >= 11 is 0. The molecule has 1 amide bonds. The Kier molecular flexibility index (Phi) is 13.4. The molecule has 1 rings (SSSR count). The van der Waals surface area contributed by atoms with Crippen molar-refractivity contribution in [1.29, 1.82) is 0 Å². The van der Waals surface area contributed by atoms with Crippen molar-refractivity contribution in [2.75, 3.05) is 6.54 Å². The lowest BCUT2D eigenvalue weighted by molar-refractivity contribution is -0.120. The van der Waals surface area contributed by atoms with Crippen molar-refractivity contribution in [3.63, 3.8) is 0 Å². The monoisotopic (exact) mass is 415 g/mol. The molecule has 26 heavy (non-hydrogen) atoms. The molecule has 0 aromatic carbocycles. The number of aromatic nitrogens is 4. The highest BCUT2D eigenvalue weighted by atomic mass is 31.2. The van der Waals surface area contributed by atoms with E-state index in [4.69, 9.17) is 19.6 Å². The molecule has 1 aromatic rings.